The van der Waals surface area contributed by atoms with Crippen LogP contribution in [0.2, 0.25) is 18.1 Å². The molecule has 0 amide bonds. The summed E-state index contributed by atoms with van der Waals surface area (Å²) in [6.45, 7) is 22.7. The lowest BCUT2D eigenvalue weighted by molar-refractivity contribution is -0.177. The highest BCUT2D eigenvalue weighted by molar-refractivity contribution is 6.74. The average Bonchev–Trinajstić information content (AvgIpc) is 2.93. The largest absolute Gasteiger partial charge is 0.416 e. The number of ether oxygens (including phenoxy) is 1. The van der Waals surface area contributed by atoms with Gasteiger partial charge < -0.3 is 9.16 Å². The van der Waals surface area contributed by atoms with Gasteiger partial charge in [-0.25, -0.2) is 0 Å². The molecule has 4 nitrogen and oxygen atoms in total. The molecule has 31 heavy (non-hydrogen) atoms. The fourth-order valence-corrected chi connectivity index (χ4v) is 8.17. The van der Waals surface area contributed by atoms with Crippen molar-refractivity contribution in [2.45, 2.75) is 103 Å². The quantitative estimate of drug-likeness (QED) is 0.411. The third kappa shape index (κ3) is 3.05. The van der Waals surface area contributed by atoms with Crippen molar-refractivity contribution in [2.24, 2.45) is 28.6 Å². The zero-order valence-electron chi connectivity index (χ0n) is 20.9. The molecule has 0 aromatic heterocycles. The van der Waals surface area contributed by atoms with Crippen LogP contribution in [0.3, 0.4) is 0 Å². The standard InChI is InChI=1S/C26H42O4Si/c1-16-19(27)13-18-22(28)26-17(15-29-31(8,9)23(2,3)4)11-10-12-25(26,7)14-20(30-26)21(16)24(18,5)6/h17-18,20-21H,1,10-15H2,2-9H3/t17-,18+,20-,21-,25+,26-/m1/s1. The van der Waals surface area contributed by atoms with Crippen LogP contribution < -0.4 is 0 Å². The van der Waals surface area contributed by atoms with E-state index in [0.29, 0.717) is 12.2 Å². The Balaban J connectivity index is 1.77. The Morgan fingerprint density at radius 3 is 2.45 bits per heavy atom. The first kappa shape index (κ1) is 23.4. The smallest absolute Gasteiger partial charge is 0.191 e. The minimum atomic E-state index is -1.95. The minimum absolute atomic E-state index is 0.0522. The Morgan fingerprint density at radius 2 is 1.84 bits per heavy atom. The van der Waals surface area contributed by atoms with Crippen LogP contribution in [0.5, 0.6) is 0 Å². The molecular formula is C26H42O4Si. The van der Waals surface area contributed by atoms with Crippen molar-refractivity contribution in [1.29, 1.82) is 0 Å². The van der Waals surface area contributed by atoms with Crippen LogP contribution in [0.15, 0.2) is 12.2 Å². The maximum absolute atomic E-state index is 14.4. The Hall–Kier alpha value is -0.783. The van der Waals surface area contributed by atoms with Gasteiger partial charge in [0.05, 0.1) is 6.10 Å². The lowest BCUT2D eigenvalue weighted by atomic mass is 9.48. The first-order valence-corrected chi connectivity index (χ1v) is 15.1. The first-order chi connectivity index (χ1) is 14.1. The molecule has 4 aliphatic rings. The van der Waals surface area contributed by atoms with Gasteiger partial charge in [0.25, 0.3) is 0 Å². The molecule has 1 spiro atoms. The van der Waals surface area contributed by atoms with Crippen molar-refractivity contribution in [1.82, 2.24) is 0 Å². The average molecular weight is 447 g/mol. The lowest BCUT2D eigenvalue weighted by Crippen LogP contribution is -2.63. The summed E-state index contributed by atoms with van der Waals surface area (Å²) in [7, 11) is -1.95. The van der Waals surface area contributed by atoms with Gasteiger partial charge in [0.15, 0.2) is 19.9 Å². The summed E-state index contributed by atoms with van der Waals surface area (Å²) < 4.78 is 13.6. The van der Waals surface area contributed by atoms with Gasteiger partial charge in [0, 0.05) is 36.2 Å². The van der Waals surface area contributed by atoms with Crippen LogP contribution in [-0.2, 0) is 18.8 Å². The van der Waals surface area contributed by atoms with Gasteiger partial charge >= 0.3 is 0 Å². The van der Waals surface area contributed by atoms with Gasteiger partial charge in [-0.2, -0.15) is 0 Å². The molecule has 5 heteroatoms. The molecule has 0 N–H and O–H groups in total. The summed E-state index contributed by atoms with van der Waals surface area (Å²) in [6, 6.07) is 0. The van der Waals surface area contributed by atoms with Crippen LogP contribution in [0.4, 0.5) is 0 Å². The number of fused-ring (bicyclic) bond motifs is 4. The van der Waals surface area contributed by atoms with E-state index in [0.717, 1.165) is 25.7 Å². The maximum Gasteiger partial charge on any atom is 0.191 e. The fourth-order valence-electron chi connectivity index (χ4n) is 7.12. The van der Waals surface area contributed by atoms with E-state index in [2.05, 4.69) is 61.2 Å². The molecule has 0 aromatic rings. The third-order valence-corrected chi connectivity index (χ3v) is 14.6. The topological polar surface area (TPSA) is 52.6 Å². The van der Waals surface area contributed by atoms with Crippen molar-refractivity contribution in [2.75, 3.05) is 6.61 Å². The monoisotopic (exact) mass is 446 g/mol. The number of ketones is 2. The number of hydrogen-bond acceptors (Lipinski definition) is 4. The van der Waals surface area contributed by atoms with Gasteiger partial charge in [-0.1, -0.05) is 54.5 Å². The van der Waals surface area contributed by atoms with E-state index in [9.17, 15) is 9.59 Å². The molecular weight excluding hydrogens is 404 g/mol. The van der Waals surface area contributed by atoms with E-state index < -0.39 is 13.9 Å². The molecule has 2 aliphatic heterocycles. The highest BCUT2D eigenvalue weighted by atomic mass is 28.4. The second-order valence-electron chi connectivity index (χ2n) is 13.2. The van der Waals surface area contributed by atoms with E-state index in [1.807, 2.05) is 0 Å². The molecule has 4 fully saturated rings. The van der Waals surface area contributed by atoms with Crippen LogP contribution in [0.25, 0.3) is 0 Å². The number of rotatable bonds is 3. The SMILES string of the molecule is C=C1C(=O)C[C@H]2C(=O)[C@@]34O[C@H](C[C@]3(C)CCC[C@@H]4CO[Si](C)(C)C(C)(C)C)[C@@H]1C2(C)C. The minimum Gasteiger partial charge on any atom is -0.416 e. The maximum atomic E-state index is 14.4. The molecule has 2 heterocycles. The van der Waals surface area contributed by atoms with Gasteiger partial charge in [-0.15, -0.1) is 0 Å². The Morgan fingerprint density at radius 1 is 1.19 bits per heavy atom. The summed E-state index contributed by atoms with van der Waals surface area (Å²) in [4.78, 5) is 27.3. The van der Waals surface area contributed by atoms with Crippen molar-refractivity contribution in [3.63, 3.8) is 0 Å². The molecule has 2 saturated carbocycles. The molecule has 2 saturated heterocycles. The molecule has 6 atom stereocenters. The van der Waals surface area contributed by atoms with Gasteiger partial charge in [0.1, 0.15) is 5.60 Å². The van der Waals surface area contributed by atoms with Crippen LogP contribution in [0, 0.1) is 28.6 Å². The predicted octanol–water partition coefficient (Wildman–Crippen LogP) is 5.71. The molecule has 0 aromatic carbocycles. The number of carbonyl (C=O) groups excluding carboxylic acids is 2. The highest BCUT2D eigenvalue weighted by Gasteiger charge is 2.73. The molecule has 2 aliphatic carbocycles. The van der Waals surface area contributed by atoms with E-state index in [-0.39, 0.29) is 57.7 Å². The Bertz CT molecular complexity index is 822. The highest BCUT2D eigenvalue weighted by Crippen LogP contribution is 2.66. The fraction of sp³-hybridized carbons (Fsp3) is 0.846. The molecule has 0 unspecified atom stereocenters. The molecule has 174 valence electrons. The Kier molecular flexibility index (Phi) is 5.18. The third-order valence-electron chi connectivity index (χ3n) is 10.1. The van der Waals surface area contributed by atoms with E-state index in [1.54, 1.807) is 0 Å². The second-order valence-corrected chi connectivity index (χ2v) is 18.0. The second kappa shape index (κ2) is 6.86. The lowest BCUT2D eigenvalue weighted by Gasteiger charge is -2.54. The van der Waals surface area contributed by atoms with E-state index >= 15 is 0 Å². The van der Waals surface area contributed by atoms with E-state index in [4.69, 9.17) is 9.16 Å². The molecule has 0 radical (unpaired) electrons. The van der Waals surface area contributed by atoms with Gasteiger partial charge in [0.2, 0.25) is 0 Å². The van der Waals surface area contributed by atoms with Gasteiger partial charge in [-0.05, 0) is 48.4 Å². The summed E-state index contributed by atoms with van der Waals surface area (Å²) in [6.07, 6.45) is 4.07. The molecule has 4 rings (SSSR count). The zero-order valence-corrected chi connectivity index (χ0v) is 21.9. The number of hydrogen-bond donors (Lipinski definition) is 0. The first-order valence-electron chi connectivity index (χ1n) is 12.2. The summed E-state index contributed by atoms with van der Waals surface area (Å²) >= 11 is 0. The van der Waals surface area contributed by atoms with Crippen molar-refractivity contribution in [3.05, 3.63) is 12.2 Å². The van der Waals surface area contributed by atoms with Gasteiger partial charge in [-0.3, -0.25) is 9.59 Å². The van der Waals surface area contributed by atoms with Crippen molar-refractivity contribution >= 4 is 19.9 Å². The van der Waals surface area contributed by atoms with E-state index in [1.165, 1.54) is 0 Å². The number of Topliss-reactive ketones (excluding diaryl/α,β-unsaturated/α-hetero) is 2. The van der Waals surface area contributed by atoms with Crippen LogP contribution in [0.1, 0.15) is 73.6 Å². The summed E-state index contributed by atoms with van der Waals surface area (Å²) in [5.41, 5.74) is -0.658. The van der Waals surface area contributed by atoms with Crippen molar-refractivity contribution in [3.8, 4) is 0 Å². The van der Waals surface area contributed by atoms with Crippen LogP contribution >= 0.6 is 0 Å². The normalized spacial score (nSPS) is 42.4. The van der Waals surface area contributed by atoms with Crippen LogP contribution in [-0.4, -0.2) is 38.2 Å². The molecule has 4 bridgehead atoms. The predicted molar refractivity (Wildman–Crippen MR) is 125 cm³/mol. The summed E-state index contributed by atoms with van der Waals surface area (Å²) in [5.74, 6) is -0.0901. The Labute approximate surface area is 189 Å². The number of carbonyl (C=O) groups is 2. The van der Waals surface area contributed by atoms with Crippen molar-refractivity contribution < 1.29 is 18.8 Å². The summed E-state index contributed by atoms with van der Waals surface area (Å²) in [5, 5.41) is 0.123. The zero-order chi connectivity index (χ0) is 23.2.